The maximum absolute atomic E-state index is 4.85. The number of benzene rings is 2. The van der Waals surface area contributed by atoms with E-state index >= 15 is 0 Å². The van der Waals surface area contributed by atoms with Crippen LogP contribution >= 0.6 is 12.6 Å². The van der Waals surface area contributed by atoms with Crippen LogP contribution in [0.5, 0.6) is 0 Å². The quantitative estimate of drug-likeness (QED) is 0.412. The smallest absolute Gasteiger partial charge is 0.0893 e. The van der Waals surface area contributed by atoms with E-state index in [1.54, 1.807) is 6.20 Å². The van der Waals surface area contributed by atoms with E-state index in [9.17, 15) is 0 Å². The van der Waals surface area contributed by atoms with Crippen LogP contribution < -0.4 is 0 Å². The van der Waals surface area contributed by atoms with Crippen LogP contribution in [-0.2, 0) is 5.41 Å². The molecule has 0 bridgehead atoms. The Hall–Kier alpha value is -2.91. The minimum atomic E-state index is -0.160. The molecule has 2 aromatic heterocycles. The van der Waals surface area contributed by atoms with Crippen molar-refractivity contribution in [3.05, 3.63) is 102 Å². The molecule has 2 heterocycles. The molecule has 0 atom stereocenters. The van der Waals surface area contributed by atoms with Gasteiger partial charge in [0.2, 0.25) is 0 Å². The molecule has 0 amide bonds. The normalized spacial score (nSPS) is 11.4. The second-order valence-electron chi connectivity index (χ2n) is 7.35. The zero-order chi connectivity index (χ0) is 19.6. The van der Waals surface area contributed by atoms with E-state index in [0.717, 1.165) is 27.5 Å². The van der Waals surface area contributed by atoms with Gasteiger partial charge in [-0.15, -0.1) is 12.6 Å². The molecule has 28 heavy (non-hydrogen) atoms. The summed E-state index contributed by atoms with van der Waals surface area (Å²) in [6.07, 6.45) is 1.79. The fraction of sp³-hybridized carbons (Fsp3) is 0.120. The summed E-state index contributed by atoms with van der Waals surface area (Å²) in [6.45, 7) is 4.47. The molecule has 0 saturated carbocycles. The highest BCUT2D eigenvalue weighted by Gasteiger charge is 2.25. The lowest BCUT2D eigenvalue weighted by Crippen LogP contribution is -2.19. The van der Waals surface area contributed by atoms with E-state index in [-0.39, 0.29) is 5.41 Å². The molecule has 0 aliphatic heterocycles. The Labute approximate surface area is 171 Å². The largest absolute Gasteiger partial charge is 0.255 e. The second kappa shape index (κ2) is 7.61. The highest BCUT2D eigenvalue weighted by molar-refractivity contribution is 7.80. The number of hydrogen-bond donors (Lipinski definition) is 1. The highest BCUT2D eigenvalue weighted by Crippen LogP contribution is 2.36. The van der Waals surface area contributed by atoms with Crippen molar-refractivity contribution in [2.75, 3.05) is 0 Å². The standard InChI is InChI=1S/C25H22N2S/c1-25(2,20-11-3-4-15-24(20)28)19-10-7-9-18(17-19)21-13-8-14-23(27-21)22-12-5-6-16-26-22/h3-17,28H,1-2H3. The third-order valence-corrected chi connectivity index (χ3v) is 5.52. The molecule has 138 valence electrons. The minimum Gasteiger partial charge on any atom is -0.255 e. The molecule has 2 nitrogen and oxygen atoms in total. The average molecular weight is 383 g/mol. The van der Waals surface area contributed by atoms with Crippen LogP contribution in [0.2, 0.25) is 0 Å². The fourth-order valence-corrected chi connectivity index (χ4v) is 3.92. The number of thiol groups is 1. The Balaban J connectivity index is 1.75. The molecule has 0 unspecified atom stereocenters. The van der Waals surface area contributed by atoms with Crippen LogP contribution in [0, 0.1) is 0 Å². The van der Waals surface area contributed by atoms with E-state index in [1.807, 2.05) is 48.5 Å². The van der Waals surface area contributed by atoms with Gasteiger partial charge in [-0.25, -0.2) is 4.98 Å². The first-order valence-corrected chi connectivity index (χ1v) is 9.78. The highest BCUT2D eigenvalue weighted by atomic mass is 32.1. The van der Waals surface area contributed by atoms with Crippen molar-refractivity contribution < 1.29 is 0 Å². The number of rotatable bonds is 4. The SMILES string of the molecule is CC(C)(c1cccc(-c2cccc(-c3ccccn3)n2)c1)c1ccccc1S. The van der Waals surface area contributed by atoms with Crippen LogP contribution in [0.15, 0.2) is 96.0 Å². The van der Waals surface area contributed by atoms with Crippen LogP contribution in [0.25, 0.3) is 22.6 Å². The topological polar surface area (TPSA) is 25.8 Å². The molecule has 0 fully saturated rings. The lowest BCUT2D eigenvalue weighted by Gasteiger charge is -2.28. The molecule has 4 rings (SSSR count). The number of hydrogen-bond acceptors (Lipinski definition) is 3. The first-order chi connectivity index (χ1) is 13.6. The zero-order valence-electron chi connectivity index (χ0n) is 16.0. The molecule has 0 aliphatic rings. The van der Waals surface area contributed by atoms with E-state index in [2.05, 4.69) is 67.9 Å². The predicted molar refractivity (Wildman–Crippen MR) is 119 cm³/mol. The van der Waals surface area contributed by atoms with Gasteiger partial charge in [0, 0.05) is 22.1 Å². The summed E-state index contributed by atoms with van der Waals surface area (Å²) in [5, 5.41) is 0. The molecule has 4 aromatic rings. The Kier molecular flexibility index (Phi) is 5.01. The zero-order valence-corrected chi connectivity index (χ0v) is 16.9. The lowest BCUT2D eigenvalue weighted by molar-refractivity contribution is 0.628. The summed E-state index contributed by atoms with van der Waals surface area (Å²) < 4.78 is 0. The average Bonchev–Trinajstić information content (AvgIpc) is 2.75. The molecule has 0 radical (unpaired) electrons. The second-order valence-corrected chi connectivity index (χ2v) is 7.83. The molecule has 0 N–H and O–H groups in total. The van der Waals surface area contributed by atoms with Gasteiger partial charge in [-0.3, -0.25) is 4.98 Å². The molecule has 3 heteroatoms. The van der Waals surface area contributed by atoms with E-state index in [4.69, 9.17) is 4.98 Å². The molecule has 0 spiro atoms. The minimum absolute atomic E-state index is 0.160. The van der Waals surface area contributed by atoms with Gasteiger partial charge < -0.3 is 0 Å². The molecule has 2 aromatic carbocycles. The summed E-state index contributed by atoms with van der Waals surface area (Å²) >= 11 is 4.67. The Bertz CT molecular complexity index is 1100. The third kappa shape index (κ3) is 3.58. The van der Waals surface area contributed by atoms with E-state index in [0.29, 0.717) is 0 Å². The Morgan fingerprint density at radius 1 is 0.714 bits per heavy atom. The van der Waals surface area contributed by atoms with Crippen LogP contribution in [0.1, 0.15) is 25.0 Å². The predicted octanol–water partition coefficient (Wildman–Crippen LogP) is 6.43. The van der Waals surface area contributed by atoms with Gasteiger partial charge in [0.1, 0.15) is 0 Å². The summed E-state index contributed by atoms with van der Waals surface area (Å²) in [5.74, 6) is 0. The Morgan fingerprint density at radius 2 is 1.43 bits per heavy atom. The fourth-order valence-electron chi connectivity index (χ4n) is 3.48. The van der Waals surface area contributed by atoms with Gasteiger partial charge in [-0.05, 0) is 47.5 Å². The van der Waals surface area contributed by atoms with Crippen molar-refractivity contribution in [3.8, 4) is 22.6 Å². The molecule has 0 aliphatic carbocycles. The molecule has 0 saturated heterocycles. The van der Waals surface area contributed by atoms with Gasteiger partial charge in [0.05, 0.1) is 17.1 Å². The first-order valence-electron chi connectivity index (χ1n) is 9.33. The molecular formula is C25H22N2S. The number of nitrogens with zero attached hydrogens (tertiary/aromatic N) is 2. The summed E-state index contributed by atoms with van der Waals surface area (Å²) in [5.41, 5.74) is 6.09. The van der Waals surface area contributed by atoms with E-state index in [1.165, 1.54) is 11.1 Å². The van der Waals surface area contributed by atoms with Crippen molar-refractivity contribution >= 4 is 12.6 Å². The Morgan fingerprint density at radius 3 is 2.21 bits per heavy atom. The third-order valence-electron chi connectivity index (χ3n) is 5.13. The van der Waals surface area contributed by atoms with Gasteiger partial charge >= 0.3 is 0 Å². The van der Waals surface area contributed by atoms with Crippen LogP contribution in [0.4, 0.5) is 0 Å². The van der Waals surface area contributed by atoms with Crippen LogP contribution in [0.3, 0.4) is 0 Å². The summed E-state index contributed by atoms with van der Waals surface area (Å²) in [4.78, 5) is 10.3. The monoisotopic (exact) mass is 382 g/mol. The van der Waals surface area contributed by atoms with Gasteiger partial charge in [-0.1, -0.05) is 62.4 Å². The van der Waals surface area contributed by atoms with Crippen molar-refractivity contribution in [3.63, 3.8) is 0 Å². The number of pyridine rings is 2. The van der Waals surface area contributed by atoms with E-state index < -0.39 is 0 Å². The lowest BCUT2D eigenvalue weighted by atomic mass is 9.77. The van der Waals surface area contributed by atoms with Crippen molar-refractivity contribution in [1.82, 2.24) is 9.97 Å². The van der Waals surface area contributed by atoms with Gasteiger partial charge in [0.25, 0.3) is 0 Å². The van der Waals surface area contributed by atoms with Crippen molar-refractivity contribution in [2.24, 2.45) is 0 Å². The first kappa shape index (κ1) is 18.5. The van der Waals surface area contributed by atoms with Gasteiger partial charge in [-0.2, -0.15) is 0 Å². The summed E-state index contributed by atoms with van der Waals surface area (Å²) in [7, 11) is 0. The maximum Gasteiger partial charge on any atom is 0.0893 e. The van der Waals surface area contributed by atoms with Crippen LogP contribution in [-0.4, -0.2) is 9.97 Å². The molecular weight excluding hydrogens is 360 g/mol. The summed E-state index contributed by atoms with van der Waals surface area (Å²) in [6, 6.07) is 28.8. The maximum atomic E-state index is 4.85. The number of aromatic nitrogens is 2. The van der Waals surface area contributed by atoms with Crippen molar-refractivity contribution in [1.29, 1.82) is 0 Å². The van der Waals surface area contributed by atoms with Crippen molar-refractivity contribution in [2.45, 2.75) is 24.2 Å². The van der Waals surface area contributed by atoms with Gasteiger partial charge in [0.15, 0.2) is 0 Å².